The second-order valence-electron chi connectivity index (χ2n) is 7.85. The highest BCUT2D eigenvalue weighted by Crippen LogP contribution is 2.21. The Morgan fingerprint density at radius 1 is 1.07 bits per heavy atom. The van der Waals surface area contributed by atoms with Crippen molar-refractivity contribution < 1.29 is 4.79 Å². The fourth-order valence-corrected chi connectivity index (χ4v) is 3.36. The van der Waals surface area contributed by atoms with Gasteiger partial charge in [0.15, 0.2) is 0 Å². The Kier molecular flexibility index (Phi) is 6.50. The van der Waals surface area contributed by atoms with Crippen LogP contribution in [-0.2, 0) is 17.8 Å². The molecule has 0 aliphatic rings. The summed E-state index contributed by atoms with van der Waals surface area (Å²) in [6.45, 7) is 9.70. The zero-order valence-corrected chi connectivity index (χ0v) is 17.4. The Balaban J connectivity index is 1.81. The van der Waals surface area contributed by atoms with Crippen molar-refractivity contribution in [2.24, 2.45) is 5.92 Å². The summed E-state index contributed by atoms with van der Waals surface area (Å²) in [5.41, 5.74) is 4.80. The van der Waals surface area contributed by atoms with E-state index in [1.54, 1.807) is 0 Å². The van der Waals surface area contributed by atoms with Crippen LogP contribution in [0.2, 0.25) is 0 Å². The Morgan fingerprint density at radius 3 is 2.46 bits per heavy atom. The number of aromatic nitrogens is 2. The number of imidazole rings is 1. The summed E-state index contributed by atoms with van der Waals surface area (Å²) in [7, 11) is 0. The van der Waals surface area contributed by atoms with E-state index in [9.17, 15) is 4.79 Å². The maximum Gasteiger partial charge on any atom is 0.222 e. The molecule has 3 rings (SSSR count). The lowest BCUT2D eigenvalue weighted by Gasteiger charge is -2.13. The SMILES string of the molecule is CCC(C)c1ccc(Cn2c(CCNC(=O)C(C)C)nc3ccccc32)cc1. The Labute approximate surface area is 168 Å². The summed E-state index contributed by atoms with van der Waals surface area (Å²) in [6.07, 6.45) is 1.87. The van der Waals surface area contributed by atoms with Crippen LogP contribution in [0.5, 0.6) is 0 Å². The van der Waals surface area contributed by atoms with Gasteiger partial charge < -0.3 is 9.88 Å². The second-order valence-corrected chi connectivity index (χ2v) is 7.85. The van der Waals surface area contributed by atoms with E-state index in [0.717, 1.165) is 36.2 Å². The summed E-state index contributed by atoms with van der Waals surface area (Å²) < 4.78 is 2.27. The van der Waals surface area contributed by atoms with E-state index in [4.69, 9.17) is 4.98 Å². The third-order valence-corrected chi connectivity index (χ3v) is 5.41. The molecule has 4 nitrogen and oxygen atoms in total. The molecule has 0 aliphatic carbocycles. The van der Waals surface area contributed by atoms with Crippen molar-refractivity contribution in [1.29, 1.82) is 0 Å². The average Bonchev–Trinajstić information content (AvgIpc) is 3.05. The zero-order chi connectivity index (χ0) is 20.1. The Bertz CT molecular complexity index is 925. The predicted molar refractivity (Wildman–Crippen MR) is 116 cm³/mol. The van der Waals surface area contributed by atoms with Crippen LogP contribution >= 0.6 is 0 Å². The van der Waals surface area contributed by atoms with Gasteiger partial charge in [-0.1, -0.05) is 64.1 Å². The first-order valence-electron chi connectivity index (χ1n) is 10.3. The van der Waals surface area contributed by atoms with Crippen LogP contribution in [0.3, 0.4) is 0 Å². The van der Waals surface area contributed by atoms with Crippen LogP contribution in [0.4, 0.5) is 0 Å². The number of hydrogen-bond donors (Lipinski definition) is 1. The predicted octanol–water partition coefficient (Wildman–Crippen LogP) is 4.91. The van der Waals surface area contributed by atoms with Crippen LogP contribution in [-0.4, -0.2) is 22.0 Å². The molecule has 0 fully saturated rings. The number of benzene rings is 2. The number of para-hydroxylation sites is 2. The molecular weight excluding hydrogens is 346 g/mol. The summed E-state index contributed by atoms with van der Waals surface area (Å²) in [5.74, 6) is 1.69. The van der Waals surface area contributed by atoms with Gasteiger partial charge in [-0.2, -0.15) is 0 Å². The molecule has 1 heterocycles. The van der Waals surface area contributed by atoms with Crippen molar-refractivity contribution >= 4 is 16.9 Å². The number of amides is 1. The second kappa shape index (κ2) is 9.05. The van der Waals surface area contributed by atoms with Gasteiger partial charge in [0.05, 0.1) is 11.0 Å². The minimum absolute atomic E-state index is 0.00263. The molecule has 2 aromatic carbocycles. The Morgan fingerprint density at radius 2 is 1.79 bits per heavy atom. The third kappa shape index (κ3) is 4.61. The number of carbonyl (C=O) groups excluding carboxylic acids is 1. The van der Waals surface area contributed by atoms with Gasteiger partial charge in [0, 0.05) is 25.4 Å². The van der Waals surface area contributed by atoms with Gasteiger partial charge in [0.1, 0.15) is 5.82 Å². The van der Waals surface area contributed by atoms with Crippen molar-refractivity contribution in [2.75, 3.05) is 6.54 Å². The first-order valence-corrected chi connectivity index (χ1v) is 10.3. The van der Waals surface area contributed by atoms with Crippen molar-refractivity contribution in [1.82, 2.24) is 14.9 Å². The van der Waals surface area contributed by atoms with E-state index in [-0.39, 0.29) is 11.8 Å². The molecule has 3 aromatic rings. The van der Waals surface area contributed by atoms with Crippen LogP contribution in [0, 0.1) is 5.92 Å². The lowest BCUT2D eigenvalue weighted by molar-refractivity contribution is -0.123. The zero-order valence-electron chi connectivity index (χ0n) is 17.4. The van der Waals surface area contributed by atoms with E-state index >= 15 is 0 Å². The van der Waals surface area contributed by atoms with E-state index in [2.05, 4.69) is 60.1 Å². The smallest absolute Gasteiger partial charge is 0.222 e. The molecule has 0 aliphatic heterocycles. The van der Waals surface area contributed by atoms with Crippen molar-refractivity contribution in [3.05, 3.63) is 65.5 Å². The quantitative estimate of drug-likeness (QED) is 0.606. The molecule has 0 saturated heterocycles. The van der Waals surface area contributed by atoms with E-state index in [1.807, 2.05) is 26.0 Å². The molecule has 1 aromatic heterocycles. The molecule has 0 radical (unpaired) electrons. The minimum Gasteiger partial charge on any atom is -0.355 e. The number of nitrogens with zero attached hydrogens (tertiary/aromatic N) is 2. The first-order chi connectivity index (χ1) is 13.5. The lowest BCUT2D eigenvalue weighted by Crippen LogP contribution is -2.30. The topological polar surface area (TPSA) is 46.9 Å². The van der Waals surface area contributed by atoms with Gasteiger partial charge in [0.25, 0.3) is 0 Å². The molecule has 28 heavy (non-hydrogen) atoms. The summed E-state index contributed by atoms with van der Waals surface area (Å²) in [6, 6.07) is 17.2. The van der Waals surface area contributed by atoms with Crippen LogP contribution in [0.1, 0.15) is 57.0 Å². The monoisotopic (exact) mass is 377 g/mol. The number of rotatable bonds is 8. The molecule has 1 unspecified atom stereocenters. The highest BCUT2D eigenvalue weighted by Gasteiger charge is 2.12. The van der Waals surface area contributed by atoms with E-state index in [0.29, 0.717) is 12.5 Å². The molecule has 0 spiro atoms. The third-order valence-electron chi connectivity index (χ3n) is 5.41. The molecule has 1 N–H and O–H groups in total. The van der Waals surface area contributed by atoms with Crippen LogP contribution < -0.4 is 5.32 Å². The molecule has 0 saturated carbocycles. The van der Waals surface area contributed by atoms with Gasteiger partial charge in [-0.05, 0) is 35.6 Å². The van der Waals surface area contributed by atoms with E-state index < -0.39 is 0 Å². The minimum atomic E-state index is 0.00263. The highest BCUT2D eigenvalue weighted by atomic mass is 16.1. The van der Waals surface area contributed by atoms with Crippen molar-refractivity contribution in [3.8, 4) is 0 Å². The largest absolute Gasteiger partial charge is 0.355 e. The van der Waals surface area contributed by atoms with Gasteiger partial charge >= 0.3 is 0 Å². The van der Waals surface area contributed by atoms with Crippen LogP contribution in [0.25, 0.3) is 11.0 Å². The van der Waals surface area contributed by atoms with Gasteiger partial charge in [0.2, 0.25) is 5.91 Å². The van der Waals surface area contributed by atoms with Gasteiger partial charge in [-0.25, -0.2) is 4.98 Å². The molecule has 1 atom stereocenters. The summed E-state index contributed by atoms with van der Waals surface area (Å²) in [5, 5.41) is 3.00. The Hall–Kier alpha value is -2.62. The molecule has 0 bridgehead atoms. The maximum absolute atomic E-state index is 11.9. The van der Waals surface area contributed by atoms with E-state index in [1.165, 1.54) is 11.1 Å². The summed E-state index contributed by atoms with van der Waals surface area (Å²) in [4.78, 5) is 16.7. The fraction of sp³-hybridized carbons (Fsp3) is 0.417. The number of carbonyl (C=O) groups is 1. The molecule has 1 amide bonds. The maximum atomic E-state index is 11.9. The molecule has 4 heteroatoms. The standard InChI is InChI=1S/C24H31N3O/c1-5-18(4)20-12-10-19(11-13-20)16-27-22-9-7-6-8-21(22)26-23(27)14-15-25-24(28)17(2)3/h6-13,17-18H,5,14-16H2,1-4H3,(H,25,28). The average molecular weight is 378 g/mol. The fourth-order valence-electron chi connectivity index (χ4n) is 3.36. The van der Waals surface area contributed by atoms with Gasteiger partial charge in [-0.15, -0.1) is 0 Å². The van der Waals surface area contributed by atoms with Crippen molar-refractivity contribution in [3.63, 3.8) is 0 Å². The number of fused-ring (bicyclic) bond motifs is 1. The van der Waals surface area contributed by atoms with Gasteiger partial charge in [-0.3, -0.25) is 4.79 Å². The normalized spacial score (nSPS) is 12.5. The first kappa shape index (κ1) is 20.1. The number of hydrogen-bond acceptors (Lipinski definition) is 2. The van der Waals surface area contributed by atoms with Crippen LogP contribution in [0.15, 0.2) is 48.5 Å². The summed E-state index contributed by atoms with van der Waals surface area (Å²) >= 11 is 0. The molecular formula is C24H31N3O. The number of nitrogens with one attached hydrogen (secondary N) is 1. The van der Waals surface area contributed by atoms with Crippen molar-refractivity contribution in [2.45, 2.75) is 53.0 Å². The highest BCUT2D eigenvalue weighted by molar-refractivity contribution is 5.78. The molecule has 148 valence electrons. The lowest BCUT2D eigenvalue weighted by atomic mass is 9.98.